The number of hydrogen-bond acceptors (Lipinski definition) is 5. The van der Waals surface area contributed by atoms with Crippen LogP contribution in [0.3, 0.4) is 0 Å². The van der Waals surface area contributed by atoms with E-state index in [1.54, 1.807) is 0 Å². The van der Waals surface area contributed by atoms with Gasteiger partial charge in [0.15, 0.2) is 23.1 Å². The Kier molecular flexibility index (Phi) is 6.39. The Hall–Kier alpha value is -6.92. The van der Waals surface area contributed by atoms with Crippen molar-refractivity contribution in [3.63, 3.8) is 0 Å². The van der Waals surface area contributed by atoms with Crippen molar-refractivity contribution in [2.45, 2.75) is 0 Å². The van der Waals surface area contributed by atoms with Gasteiger partial charge in [-0.05, 0) is 60.0 Å². The molecule has 0 N–H and O–H groups in total. The summed E-state index contributed by atoms with van der Waals surface area (Å²) in [6, 6.07) is 55.7. The lowest BCUT2D eigenvalue weighted by Gasteiger charge is -2.09. The molecule has 7 aromatic carbocycles. The molecule has 0 amide bonds. The SMILES string of the molecule is c1ccc(-c2nc(-c3ccccc3)nc(-c3ccc4c(c3)c3c5c(ccc6nc(-c7ccccc7)oc65)ccc3n4-c3ccccc3)n2)cc1. The number of nitrogens with zero attached hydrogens (tertiary/aromatic N) is 5. The third-order valence-corrected chi connectivity index (χ3v) is 9.26. The van der Waals surface area contributed by atoms with Crippen LogP contribution in [0.4, 0.5) is 0 Å². The van der Waals surface area contributed by atoms with E-state index in [4.69, 9.17) is 24.4 Å². The molecule has 234 valence electrons. The van der Waals surface area contributed by atoms with E-state index in [-0.39, 0.29) is 0 Å². The van der Waals surface area contributed by atoms with E-state index < -0.39 is 0 Å². The van der Waals surface area contributed by atoms with Crippen molar-refractivity contribution in [1.29, 1.82) is 0 Å². The van der Waals surface area contributed by atoms with Crippen LogP contribution >= 0.6 is 0 Å². The first-order valence-corrected chi connectivity index (χ1v) is 16.6. The minimum atomic E-state index is 0.602. The normalized spacial score (nSPS) is 11.6. The van der Waals surface area contributed by atoms with E-state index in [0.717, 1.165) is 71.6 Å². The molecule has 10 rings (SSSR count). The number of fused-ring (bicyclic) bond motifs is 7. The van der Waals surface area contributed by atoms with Gasteiger partial charge in [-0.2, -0.15) is 0 Å². The lowest BCUT2D eigenvalue weighted by atomic mass is 10.0. The standard InChI is InChI=1S/C44H27N5O/c1-5-13-29(14-6-1)41-46-42(30-15-7-2-8-16-30)48-43(47-41)32-23-25-36-34(27-32)39-37(49(36)33-19-11-4-12-20-33)26-22-28-21-24-35-40(38(28)39)50-44(45-35)31-17-9-3-10-18-31/h1-27H. The average Bonchev–Trinajstić information content (AvgIpc) is 3.79. The van der Waals surface area contributed by atoms with Crippen molar-refractivity contribution >= 4 is 43.7 Å². The van der Waals surface area contributed by atoms with Crippen LogP contribution in [0.5, 0.6) is 0 Å². The number of hydrogen-bond donors (Lipinski definition) is 0. The van der Waals surface area contributed by atoms with E-state index in [1.165, 1.54) is 0 Å². The summed E-state index contributed by atoms with van der Waals surface area (Å²) in [4.78, 5) is 19.9. The van der Waals surface area contributed by atoms with Gasteiger partial charge in [-0.3, -0.25) is 0 Å². The van der Waals surface area contributed by atoms with Crippen molar-refractivity contribution in [2.24, 2.45) is 0 Å². The molecule has 0 spiro atoms. The van der Waals surface area contributed by atoms with Crippen LogP contribution in [0.1, 0.15) is 0 Å². The van der Waals surface area contributed by atoms with Gasteiger partial charge >= 0.3 is 0 Å². The highest BCUT2D eigenvalue weighted by Crippen LogP contribution is 2.42. The van der Waals surface area contributed by atoms with Crippen molar-refractivity contribution in [3.05, 3.63) is 164 Å². The van der Waals surface area contributed by atoms with Crippen LogP contribution in [0.25, 0.3) is 95.0 Å². The maximum atomic E-state index is 6.63. The van der Waals surface area contributed by atoms with Gasteiger partial charge < -0.3 is 8.98 Å². The Balaban J connectivity index is 1.28. The molecule has 6 heteroatoms. The quantitative estimate of drug-likeness (QED) is 0.187. The van der Waals surface area contributed by atoms with Crippen molar-refractivity contribution in [3.8, 4) is 51.3 Å². The van der Waals surface area contributed by atoms with Gasteiger partial charge in [-0.25, -0.2) is 19.9 Å². The first kappa shape index (κ1) is 28.1. The fourth-order valence-corrected chi connectivity index (χ4v) is 6.94. The van der Waals surface area contributed by atoms with Gasteiger partial charge in [0.05, 0.1) is 11.0 Å². The van der Waals surface area contributed by atoms with Gasteiger partial charge in [-0.15, -0.1) is 0 Å². The summed E-state index contributed by atoms with van der Waals surface area (Å²) in [5.74, 6) is 2.47. The molecule has 3 aromatic heterocycles. The predicted octanol–water partition coefficient (Wildman–Crippen LogP) is 10.9. The molecule has 3 heterocycles. The Morgan fingerprint density at radius 1 is 0.420 bits per heavy atom. The van der Waals surface area contributed by atoms with Crippen LogP contribution in [-0.4, -0.2) is 24.5 Å². The summed E-state index contributed by atoms with van der Waals surface area (Å²) in [5.41, 5.74) is 8.51. The molecule has 0 fully saturated rings. The monoisotopic (exact) mass is 641 g/mol. The number of para-hydroxylation sites is 1. The number of rotatable bonds is 5. The number of benzene rings is 7. The fraction of sp³-hybridized carbons (Fsp3) is 0. The second-order valence-electron chi connectivity index (χ2n) is 12.3. The van der Waals surface area contributed by atoms with E-state index in [1.807, 2.05) is 103 Å². The summed E-state index contributed by atoms with van der Waals surface area (Å²) in [6.45, 7) is 0. The van der Waals surface area contributed by atoms with Crippen LogP contribution in [0.15, 0.2) is 168 Å². The summed E-state index contributed by atoms with van der Waals surface area (Å²) >= 11 is 0. The molecule has 0 bridgehead atoms. The first-order chi connectivity index (χ1) is 24.8. The molecule has 10 aromatic rings. The zero-order valence-corrected chi connectivity index (χ0v) is 26.7. The lowest BCUT2D eigenvalue weighted by molar-refractivity contribution is 0.623. The van der Waals surface area contributed by atoms with Crippen molar-refractivity contribution < 1.29 is 4.42 Å². The van der Waals surface area contributed by atoms with E-state index in [2.05, 4.69) is 65.2 Å². The largest absolute Gasteiger partial charge is 0.435 e. The summed E-state index contributed by atoms with van der Waals surface area (Å²) in [7, 11) is 0. The second kappa shape index (κ2) is 11.4. The van der Waals surface area contributed by atoms with Crippen LogP contribution in [0.2, 0.25) is 0 Å². The molecule has 0 unspecified atom stereocenters. The van der Waals surface area contributed by atoms with Gasteiger partial charge in [0, 0.05) is 44.1 Å². The molecule has 0 saturated heterocycles. The smallest absolute Gasteiger partial charge is 0.227 e. The average molecular weight is 642 g/mol. The summed E-state index contributed by atoms with van der Waals surface area (Å²) in [5, 5.41) is 4.26. The van der Waals surface area contributed by atoms with E-state index in [0.29, 0.717) is 23.4 Å². The Morgan fingerprint density at radius 2 is 0.960 bits per heavy atom. The molecule has 0 atom stereocenters. The topological polar surface area (TPSA) is 69.6 Å². The van der Waals surface area contributed by atoms with Crippen molar-refractivity contribution in [2.75, 3.05) is 0 Å². The number of aromatic nitrogens is 5. The molecule has 0 aliphatic heterocycles. The predicted molar refractivity (Wildman–Crippen MR) is 201 cm³/mol. The van der Waals surface area contributed by atoms with Gasteiger partial charge in [0.1, 0.15) is 5.52 Å². The molecule has 0 radical (unpaired) electrons. The van der Waals surface area contributed by atoms with Gasteiger partial charge in [-0.1, -0.05) is 109 Å². The molecular weight excluding hydrogens is 615 g/mol. The minimum Gasteiger partial charge on any atom is -0.435 e. The Labute approximate surface area is 287 Å². The summed E-state index contributed by atoms with van der Waals surface area (Å²) in [6.07, 6.45) is 0. The van der Waals surface area contributed by atoms with Gasteiger partial charge in [0.2, 0.25) is 5.89 Å². The number of oxazole rings is 1. The van der Waals surface area contributed by atoms with E-state index >= 15 is 0 Å². The molecule has 50 heavy (non-hydrogen) atoms. The highest BCUT2D eigenvalue weighted by Gasteiger charge is 2.21. The molecule has 0 aliphatic rings. The van der Waals surface area contributed by atoms with Crippen LogP contribution in [0, 0.1) is 0 Å². The molecular formula is C44H27N5O. The van der Waals surface area contributed by atoms with E-state index in [9.17, 15) is 0 Å². The lowest BCUT2D eigenvalue weighted by Crippen LogP contribution is -2.00. The fourth-order valence-electron chi connectivity index (χ4n) is 6.94. The molecule has 6 nitrogen and oxygen atoms in total. The third kappa shape index (κ3) is 4.58. The maximum absolute atomic E-state index is 6.63. The third-order valence-electron chi connectivity index (χ3n) is 9.26. The van der Waals surface area contributed by atoms with Crippen LogP contribution < -0.4 is 0 Å². The van der Waals surface area contributed by atoms with Crippen molar-refractivity contribution in [1.82, 2.24) is 24.5 Å². The molecule has 0 saturated carbocycles. The second-order valence-corrected chi connectivity index (χ2v) is 12.3. The summed E-state index contributed by atoms with van der Waals surface area (Å²) < 4.78 is 8.95. The van der Waals surface area contributed by atoms with Crippen LogP contribution in [-0.2, 0) is 0 Å². The Morgan fingerprint density at radius 3 is 1.60 bits per heavy atom. The zero-order valence-electron chi connectivity index (χ0n) is 26.7. The zero-order chi connectivity index (χ0) is 33.0. The maximum Gasteiger partial charge on any atom is 0.227 e. The van der Waals surface area contributed by atoms with Gasteiger partial charge in [0.25, 0.3) is 0 Å². The highest BCUT2D eigenvalue weighted by molar-refractivity contribution is 6.27. The highest BCUT2D eigenvalue weighted by atomic mass is 16.3. The molecule has 0 aliphatic carbocycles. The first-order valence-electron chi connectivity index (χ1n) is 16.6. The minimum absolute atomic E-state index is 0.602. The Bertz CT molecular complexity index is 2790.